The number of halogens is 12. The fraction of sp³-hybridized carbons (Fsp3) is 1.00. The van der Waals surface area contributed by atoms with E-state index in [4.69, 9.17) is 133 Å². The lowest BCUT2D eigenvalue weighted by atomic mass is 12.0. The Kier molecular flexibility index (Phi) is 55.4. The van der Waals surface area contributed by atoms with Gasteiger partial charge in [-0.2, -0.15) is 0 Å². The monoisotopic (exact) mass is 552 g/mol. The van der Waals surface area contributed by atoms with Crippen LogP contribution in [0.2, 0.25) is 0 Å². The third-order valence-corrected chi connectivity index (χ3v) is 0. The summed E-state index contributed by atoms with van der Waals surface area (Å²) in [5.41, 5.74) is 0. The van der Waals surface area contributed by atoms with E-state index >= 15 is 0 Å². The quantitative estimate of drug-likeness (QED) is 0.242. The molecule has 0 atom stereocenters. The maximum absolute atomic E-state index is 4.94. The van der Waals surface area contributed by atoms with Crippen LogP contribution in [0.25, 0.3) is 0 Å². The molecule has 0 heterocycles. The molecule has 0 saturated heterocycles. The van der Waals surface area contributed by atoms with Crippen molar-refractivity contribution in [2.24, 2.45) is 0 Å². The van der Waals surface area contributed by atoms with Crippen LogP contribution >= 0.6 is 133 Å². The fourth-order valence-corrected chi connectivity index (χ4v) is 0. The van der Waals surface area contributed by atoms with Gasteiger partial charge in [0.15, 0.2) is 0 Å². The SMILES string of the molecule is C.Cl[SiH](Cl)Cl.Cl[SiH](Cl)Cl.Cl[SiH](Cl)Cl.Cl[SiH](Cl)Cl. The molecule has 0 aromatic heterocycles. The molecule has 17 heavy (non-hydrogen) atoms. The molecule has 0 aromatic carbocycles. The van der Waals surface area contributed by atoms with Crippen molar-refractivity contribution in [3.8, 4) is 0 Å². The highest BCUT2D eigenvalue weighted by Crippen LogP contribution is 1.98. The van der Waals surface area contributed by atoms with Gasteiger partial charge in [-0.1, -0.05) is 7.43 Å². The molecular formula is CH8Cl12Si4. The Morgan fingerprint density at radius 3 is 0.294 bits per heavy atom. The van der Waals surface area contributed by atoms with E-state index in [1.54, 1.807) is 0 Å². The maximum Gasteiger partial charge on any atom is 0.326 e. The van der Waals surface area contributed by atoms with Gasteiger partial charge in [0, 0.05) is 0 Å². The Balaban J connectivity index is -0.0000000369. The van der Waals surface area contributed by atoms with Crippen LogP contribution in [0.15, 0.2) is 0 Å². The summed E-state index contributed by atoms with van der Waals surface area (Å²) in [5, 5.41) is 0. The van der Waals surface area contributed by atoms with Gasteiger partial charge in [0.1, 0.15) is 0 Å². The predicted octanol–water partition coefficient (Wildman–Crippen LogP) is 6.32. The molecule has 0 aromatic rings. The molecule has 0 aliphatic rings. The van der Waals surface area contributed by atoms with E-state index in [0.29, 0.717) is 0 Å². The van der Waals surface area contributed by atoms with Crippen LogP contribution < -0.4 is 0 Å². The van der Waals surface area contributed by atoms with Gasteiger partial charge in [0.2, 0.25) is 0 Å². The summed E-state index contributed by atoms with van der Waals surface area (Å²) in [6.45, 7) is -6.89. The van der Waals surface area contributed by atoms with Crippen molar-refractivity contribution in [3.05, 3.63) is 0 Å². The molecule has 0 saturated carbocycles. The van der Waals surface area contributed by atoms with E-state index in [9.17, 15) is 0 Å². The van der Waals surface area contributed by atoms with E-state index in [2.05, 4.69) is 0 Å². The lowest BCUT2D eigenvalue weighted by Gasteiger charge is -1.65. The first-order valence-corrected chi connectivity index (χ1v) is 23.6. The summed E-state index contributed by atoms with van der Waals surface area (Å²) in [7, 11) is 0. The van der Waals surface area contributed by atoms with E-state index in [-0.39, 0.29) is 7.43 Å². The summed E-state index contributed by atoms with van der Waals surface area (Å²) in [6, 6.07) is 0. The van der Waals surface area contributed by atoms with Crippen molar-refractivity contribution in [1.82, 2.24) is 0 Å². The Hall–Kier alpha value is 4.35. The molecule has 0 nitrogen and oxygen atoms in total. The first-order valence-electron chi connectivity index (χ1n) is 2.62. The van der Waals surface area contributed by atoms with Crippen molar-refractivity contribution < 1.29 is 0 Å². The van der Waals surface area contributed by atoms with Crippen LogP contribution in [0.1, 0.15) is 7.43 Å². The molecule has 0 unspecified atom stereocenters. The van der Waals surface area contributed by atoms with E-state index < -0.39 is 26.9 Å². The van der Waals surface area contributed by atoms with Crippen LogP contribution in [0.5, 0.6) is 0 Å². The van der Waals surface area contributed by atoms with Crippen LogP contribution in [0.3, 0.4) is 0 Å². The van der Waals surface area contributed by atoms with Gasteiger partial charge >= 0.3 is 26.9 Å². The lowest BCUT2D eigenvalue weighted by molar-refractivity contribution is 2.50. The van der Waals surface area contributed by atoms with E-state index in [1.807, 2.05) is 0 Å². The number of hydrogen-bond acceptors (Lipinski definition) is 0. The normalized spacial score (nSPS) is 8.47. The van der Waals surface area contributed by atoms with Crippen molar-refractivity contribution in [3.63, 3.8) is 0 Å². The highest BCUT2D eigenvalue weighted by Gasteiger charge is 1.86. The largest absolute Gasteiger partial charge is 0.326 e. The predicted molar refractivity (Wildman–Crippen MR) is 106 cm³/mol. The molecule has 112 valence electrons. The third-order valence-electron chi connectivity index (χ3n) is 0. The second-order valence-corrected chi connectivity index (χ2v) is 26.7. The average Bonchev–Trinajstić information content (AvgIpc) is 1.76. The van der Waals surface area contributed by atoms with Crippen LogP contribution in [0.4, 0.5) is 0 Å². The Bertz CT molecular complexity index is 61.5. The summed E-state index contributed by atoms with van der Waals surface area (Å²) < 4.78 is 0. The number of hydrogen-bond donors (Lipinski definition) is 0. The van der Waals surface area contributed by atoms with E-state index in [1.165, 1.54) is 0 Å². The van der Waals surface area contributed by atoms with Gasteiger partial charge in [-0.15, -0.1) is 133 Å². The lowest BCUT2D eigenvalue weighted by Crippen LogP contribution is -1.66. The molecule has 0 aliphatic heterocycles. The van der Waals surface area contributed by atoms with Crippen LogP contribution in [-0.2, 0) is 0 Å². The molecular weight excluding hydrogens is 550 g/mol. The van der Waals surface area contributed by atoms with Crippen LogP contribution in [0, 0.1) is 0 Å². The standard InChI is InChI=1S/CH4.4Cl3HSi/c;4*1-4(2)3/h1H4;4*4H. The first kappa shape index (κ1) is 33.1. The molecule has 0 aliphatic carbocycles. The smallest absolute Gasteiger partial charge is 0.130 e. The average molecular weight is 558 g/mol. The van der Waals surface area contributed by atoms with Gasteiger partial charge in [-0.05, 0) is 0 Å². The zero-order valence-electron chi connectivity index (χ0n) is 6.84. The highest BCUT2D eigenvalue weighted by atomic mass is 35.9. The highest BCUT2D eigenvalue weighted by molar-refractivity contribution is 7.55. The fourth-order valence-electron chi connectivity index (χ4n) is 0. The molecule has 0 rings (SSSR count). The van der Waals surface area contributed by atoms with Gasteiger partial charge in [0.25, 0.3) is 0 Å². The van der Waals surface area contributed by atoms with Gasteiger partial charge in [0.05, 0.1) is 0 Å². The van der Waals surface area contributed by atoms with Crippen molar-refractivity contribution in [2.75, 3.05) is 0 Å². The minimum absolute atomic E-state index is 0. The summed E-state index contributed by atoms with van der Waals surface area (Å²) in [5.74, 6) is 0. The zero-order valence-corrected chi connectivity index (χ0v) is 20.5. The molecule has 0 bridgehead atoms. The van der Waals surface area contributed by atoms with Crippen molar-refractivity contribution >= 4 is 160 Å². The van der Waals surface area contributed by atoms with Gasteiger partial charge in [-0.25, -0.2) is 0 Å². The van der Waals surface area contributed by atoms with Crippen molar-refractivity contribution in [1.29, 1.82) is 0 Å². The van der Waals surface area contributed by atoms with Gasteiger partial charge < -0.3 is 0 Å². The second-order valence-electron chi connectivity index (χ2n) is 0.990. The zero-order chi connectivity index (χ0) is 14.3. The maximum atomic E-state index is 4.94. The van der Waals surface area contributed by atoms with Crippen molar-refractivity contribution in [2.45, 2.75) is 7.43 Å². The molecule has 0 fully saturated rings. The minimum Gasteiger partial charge on any atom is -0.130 e. The molecule has 0 radical (unpaired) electrons. The van der Waals surface area contributed by atoms with Gasteiger partial charge in [-0.3, -0.25) is 0 Å². The Morgan fingerprint density at radius 2 is 0.294 bits per heavy atom. The number of rotatable bonds is 0. The second kappa shape index (κ2) is 28.5. The summed E-state index contributed by atoms with van der Waals surface area (Å²) in [4.78, 5) is 0. The summed E-state index contributed by atoms with van der Waals surface area (Å²) >= 11 is 59.3. The minimum atomic E-state index is -1.72. The third kappa shape index (κ3) is 362. The first-order chi connectivity index (χ1) is 6.93. The topological polar surface area (TPSA) is 0 Å². The Labute approximate surface area is 165 Å². The molecule has 0 amide bonds. The molecule has 0 N–H and O–H groups in total. The van der Waals surface area contributed by atoms with E-state index in [0.717, 1.165) is 0 Å². The van der Waals surface area contributed by atoms with Crippen LogP contribution in [-0.4, -0.2) is 26.9 Å². The Morgan fingerprint density at radius 1 is 0.294 bits per heavy atom. The summed E-state index contributed by atoms with van der Waals surface area (Å²) in [6.07, 6.45) is 0. The molecule has 0 spiro atoms. The molecule has 16 heteroatoms.